The van der Waals surface area contributed by atoms with Crippen LogP contribution in [0, 0.1) is 13.8 Å². The molecule has 3 heteroatoms. The molecule has 0 aliphatic carbocycles. The summed E-state index contributed by atoms with van der Waals surface area (Å²) in [5, 5.41) is 0. The van der Waals surface area contributed by atoms with Crippen LogP contribution in [0.5, 0.6) is 0 Å². The Morgan fingerprint density at radius 2 is 2.11 bits per heavy atom. The van der Waals surface area contributed by atoms with Crippen molar-refractivity contribution in [3.63, 3.8) is 0 Å². The van der Waals surface area contributed by atoms with Crippen molar-refractivity contribution in [3.05, 3.63) is 34.9 Å². The van der Waals surface area contributed by atoms with Gasteiger partial charge in [0, 0.05) is 19.0 Å². The Labute approximate surface area is 109 Å². The van der Waals surface area contributed by atoms with E-state index in [0.29, 0.717) is 6.42 Å². The first-order valence-corrected chi connectivity index (χ1v) is 6.67. The molecule has 1 fully saturated rings. The lowest BCUT2D eigenvalue weighted by atomic mass is 9.87. The number of carbonyl (C=O) groups is 1. The lowest BCUT2D eigenvalue weighted by molar-refractivity contribution is -0.137. The van der Waals surface area contributed by atoms with Crippen LogP contribution in [0.3, 0.4) is 0 Å². The third-order valence-corrected chi connectivity index (χ3v) is 4.06. The molecule has 0 radical (unpaired) electrons. The fraction of sp³-hybridized carbons (Fsp3) is 0.533. The predicted octanol–water partition coefficient (Wildman–Crippen LogP) is 2.31. The number of amides is 1. The Balaban J connectivity index is 2.45. The maximum absolute atomic E-state index is 12.0. The SMILES string of the molecule is CCN1C(=O)CCC(N)C1c1cccc(C)c1C. The van der Waals surface area contributed by atoms with Crippen LogP contribution in [0.25, 0.3) is 0 Å². The second-order valence-corrected chi connectivity index (χ2v) is 5.12. The number of hydrogen-bond acceptors (Lipinski definition) is 2. The van der Waals surface area contributed by atoms with E-state index in [1.54, 1.807) is 0 Å². The minimum absolute atomic E-state index is 0.0381. The molecule has 0 spiro atoms. The molecule has 1 aliphatic heterocycles. The fourth-order valence-electron chi connectivity index (χ4n) is 2.84. The Hall–Kier alpha value is -1.35. The van der Waals surface area contributed by atoms with Gasteiger partial charge in [-0.25, -0.2) is 0 Å². The predicted molar refractivity (Wildman–Crippen MR) is 73.3 cm³/mol. The molecule has 2 unspecified atom stereocenters. The van der Waals surface area contributed by atoms with Gasteiger partial charge in [0.15, 0.2) is 0 Å². The van der Waals surface area contributed by atoms with Crippen LogP contribution in [-0.2, 0) is 4.79 Å². The van der Waals surface area contributed by atoms with E-state index in [9.17, 15) is 4.79 Å². The number of carbonyl (C=O) groups excluding carboxylic acids is 1. The van der Waals surface area contributed by atoms with Crippen LogP contribution in [0.4, 0.5) is 0 Å². The summed E-state index contributed by atoms with van der Waals surface area (Å²) in [6.45, 7) is 6.97. The van der Waals surface area contributed by atoms with Crippen LogP contribution in [0.15, 0.2) is 18.2 Å². The van der Waals surface area contributed by atoms with E-state index in [0.717, 1.165) is 13.0 Å². The zero-order chi connectivity index (χ0) is 13.3. The largest absolute Gasteiger partial charge is 0.334 e. The summed E-state index contributed by atoms with van der Waals surface area (Å²) in [6, 6.07) is 6.34. The molecule has 2 N–H and O–H groups in total. The number of nitrogens with zero attached hydrogens (tertiary/aromatic N) is 1. The summed E-state index contributed by atoms with van der Waals surface area (Å²) >= 11 is 0. The Morgan fingerprint density at radius 3 is 2.78 bits per heavy atom. The summed E-state index contributed by atoms with van der Waals surface area (Å²) < 4.78 is 0. The highest BCUT2D eigenvalue weighted by Gasteiger charge is 2.34. The highest BCUT2D eigenvalue weighted by molar-refractivity contribution is 5.78. The molecule has 2 atom stereocenters. The number of piperidine rings is 1. The quantitative estimate of drug-likeness (QED) is 0.870. The van der Waals surface area contributed by atoms with Crippen molar-refractivity contribution in [2.75, 3.05) is 6.54 Å². The average molecular weight is 246 g/mol. The molecule has 1 aromatic carbocycles. The van der Waals surface area contributed by atoms with Crippen LogP contribution in [0.1, 0.15) is 42.5 Å². The van der Waals surface area contributed by atoms with Gasteiger partial charge in [-0.15, -0.1) is 0 Å². The summed E-state index contributed by atoms with van der Waals surface area (Å²) in [7, 11) is 0. The van der Waals surface area contributed by atoms with Crippen molar-refractivity contribution < 1.29 is 4.79 Å². The second-order valence-electron chi connectivity index (χ2n) is 5.12. The van der Waals surface area contributed by atoms with Gasteiger partial charge >= 0.3 is 0 Å². The fourth-order valence-corrected chi connectivity index (χ4v) is 2.84. The van der Waals surface area contributed by atoms with Crippen LogP contribution in [0.2, 0.25) is 0 Å². The maximum atomic E-state index is 12.0. The Bertz CT molecular complexity index is 456. The number of benzene rings is 1. The van der Waals surface area contributed by atoms with Gasteiger partial charge in [0.1, 0.15) is 0 Å². The molecule has 1 aliphatic rings. The van der Waals surface area contributed by atoms with Gasteiger partial charge in [0.2, 0.25) is 5.91 Å². The second kappa shape index (κ2) is 5.11. The first kappa shape index (κ1) is 13.1. The molecule has 0 aromatic heterocycles. The van der Waals surface area contributed by atoms with Crippen LogP contribution >= 0.6 is 0 Å². The van der Waals surface area contributed by atoms with Crippen molar-refractivity contribution >= 4 is 5.91 Å². The van der Waals surface area contributed by atoms with Crippen molar-refractivity contribution in [3.8, 4) is 0 Å². The molecular weight excluding hydrogens is 224 g/mol. The molecule has 1 aromatic rings. The van der Waals surface area contributed by atoms with E-state index >= 15 is 0 Å². The van der Waals surface area contributed by atoms with E-state index in [-0.39, 0.29) is 18.0 Å². The first-order valence-electron chi connectivity index (χ1n) is 6.67. The highest BCUT2D eigenvalue weighted by Crippen LogP contribution is 2.33. The third kappa shape index (κ3) is 2.15. The summed E-state index contributed by atoms with van der Waals surface area (Å²) in [5.41, 5.74) is 9.98. The molecule has 0 bridgehead atoms. The van der Waals surface area contributed by atoms with E-state index in [1.165, 1.54) is 16.7 Å². The lowest BCUT2D eigenvalue weighted by Crippen LogP contribution is -2.48. The van der Waals surface area contributed by atoms with Crippen molar-refractivity contribution in [1.82, 2.24) is 4.90 Å². The number of likely N-dealkylation sites (N-methyl/N-ethyl adjacent to an activating group) is 1. The molecule has 1 heterocycles. The van der Waals surface area contributed by atoms with Gasteiger partial charge in [0.05, 0.1) is 6.04 Å². The normalized spacial score (nSPS) is 24.4. The summed E-state index contributed by atoms with van der Waals surface area (Å²) in [5.74, 6) is 0.227. The summed E-state index contributed by atoms with van der Waals surface area (Å²) in [6.07, 6.45) is 1.36. The van der Waals surface area contributed by atoms with Gasteiger partial charge < -0.3 is 10.6 Å². The number of rotatable bonds is 2. The van der Waals surface area contributed by atoms with E-state index < -0.39 is 0 Å². The summed E-state index contributed by atoms with van der Waals surface area (Å²) in [4.78, 5) is 13.9. The third-order valence-electron chi connectivity index (χ3n) is 4.06. The highest BCUT2D eigenvalue weighted by atomic mass is 16.2. The van der Waals surface area contributed by atoms with Crippen LogP contribution in [-0.4, -0.2) is 23.4 Å². The standard InChI is InChI=1S/C15H22N2O/c1-4-17-14(18)9-8-13(16)15(17)12-7-5-6-10(2)11(12)3/h5-7,13,15H,4,8-9,16H2,1-3H3. The lowest BCUT2D eigenvalue weighted by Gasteiger charge is -2.40. The Morgan fingerprint density at radius 1 is 1.39 bits per heavy atom. The first-order chi connectivity index (χ1) is 8.56. The van der Waals surface area contributed by atoms with Crippen molar-refractivity contribution in [2.24, 2.45) is 5.73 Å². The van der Waals surface area contributed by atoms with Gasteiger partial charge in [-0.1, -0.05) is 18.2 Å². The molecule has 2 rings (SSSR count). The number of likely N-dealkylation sites (tertiary alicyclic amines) is 1. The van der Waals surface area contributed by atoms with Crippen LogP contribution < -0.4 is 5.73 Å². The average Bonchev–Trinajstić information content (AvgIpc) is 2.36. The topological polar surface area (TPSA) is 46.3 Å². The minimum atomic E-state index is 0.0381. The van der Waals surface area contributed by atoms with Gasteiger partial charge in [-0.3, -0.25) is 4.79 Å². The zero-order valence-electron chi connectivity index (χ0n) is 11.4. The van der Waals surface area contributed by atoms with Crippen molar-refractivity contribution in [1.29, 1.82) is 0 Å². The smallest absolute Gasteiger partial charge is 0.223 e. The molecule has 18 heavy (non-hydrogen) atoms. The maximum Gasteiger partial charge on any atom is 0.223 e. The molecule has 3 nitrogen and oxygen atoms in total. The van der Waals surface area contributed by atoms with Gasteiger partial charge in [-0.05, 0) is 43.9 Å². The molecule has 1 amide bonds. The minimum Gasteiger partial charge on any atom is -0.334 e. The Kier molecular flexibility index (Phi) is 3.71. The zero-order valence-corrected chi connectivity index (χ0v) is 11.4. The number of hydrogen-bond donors (Lipinski definition) is 1. The monoisotopic (exact) mass is 246 g/mol. The molecule has 98 valence electrons. The van der Waals surface area contributed by atoms with Gasteiger partial charge in [0.25, 0.3) is 0 Å². The molecular formula is C15H22N2O. The molecule has 0 saturated carbocycles. The van der Waals surface area contributed by atoms with E-state index in [4.69, 9.17) is 5.73 Å². The van der Waals surface area contributed by atoms with E-state index in [2.05, 4.69) is 32.0 Å². The number of nitrogens with two attached hydrogens (primary N) is 1. The van der Waals surface area contributed by atoms with Crippen molar-refractivity contribution in [2.45, 2.75) is 45.7 Å². The number of aryl methyl sites for hydroxylation is 1. The van der Waals surface area contributed by atoms with E-state index in [1.807, 2.05) is 11.8 Å². The van der Waals surface area contributed by atoms with Gasteiger partial charge in [-0.2, -0.15) is 0 Å². The molecule has 1 saturated heterocycles.